The van der Waals surface area contributed by atoms with Crippen molar-refractivity contribution in [1.29, 1.82) is 0 Å². The molecule has 0 radical (unpaired) electrons. The number of benzene rings is 1. The number of aromatic nitrogens is 2. The van der Waals surface area contributed by atoms with E-state index < -0.39 is 10.0 Å². The number of rotatable bonds is 5. The molecule has 2 N–H and O–H groups in total. The molecule has 112 valence electrons. The van der Waals surface area contributed by atoms with Gasteiger partial charge in [0, 0.05) is 11.5 Å². The Morgan fingerprint density at radius 1 is 1.23 bits per heavy atom. The topological polar surface area (TPSA) is 109 Å². The molecule has 22 heavy (non-hydrogen) atoms. The summed E-state index contributed by atoms with van der Waals surface area (Å²) in [5.74, 6) is 0.700. The number of nitrogens with two attached hydrogens (primary N) is 1. The first kappa shape index (κ1) is 18.7. The number of hydrogen-bond donors (Lipinski definition) is 1. The summed E-state index contributed by atoms with van der Waals surface area (Å²) in [7, 11) is -3.85. The Kier molecular flexibility index (Phi) is 6.61. The van der Waals surface area contributed by atoms with Crippen molar-refractivity contribution < 1.29 is 42.7 Å². The van der Waals surface area contributed by atoms with Crippen molar-refractivity contribution >= 4 is 21.5 Å². The first-order chi connectivity index (χ1) is 9.90. The van der Waals surface area contributed by atoms with E-state index in [0.29, 0.717) is 18.1 Å². The van der Waals surface area contributed by atoms with Crippen molar-refractivity contribution in [2.24, 2.45) is 0 Å². The molecule has 0 aliphatic rings. The summed E-state index contributed by atoms with van der Waals surface area (Å²) in [6.45, 7) is 3.86. The van der Waals surface area contributed by atoms with Crippen molar-refractivity contribution in [3.63, 3.8) is 0 Å². The standard InChI is InChI=1S/C13H15N4O3S.Na/c1-3-20-13-8-12(15-9(2)16-13)17-21(18,19)11-6-4-10(14)5-7-11;/h4-8H,3,14H2,1-2H3;/q-1;+1. The SMILES string of the molecule is CCOc1cc([N-]S(=O)(=O)c2ccc(N)cc2)nc(C)n1.[Na+]. The summed E-state index contributed by atoms with van der Waals surface area (Å²) in [5, 5.41) is 0. The van der Waals surface area contributed by atoms with E-state index in [2.05, 4.69) is 14.7 Å². The Bertz CT molecular complexity index is 735. The number of nitrogens with zero attached hydrogens (tertiary/aromatic N) is 3. The molecule has 0 saturated carbocycles. The number of hydrogen-bond acceptors (Lipinski definition) is 6. The van der Waals surface area contributed by atoms with Gasteiger partial charge in [-0.1, -0.05) is 0 Å². The molecule has 0 aliphatic carbocycles. The van der Waals surface area contributed by atoms with Crippen LogP contribution in [0.3, 0.4) is 0 Å². The quantitative estimate of drug-likeness (QED) is 0.566. The molecule has 0 atom stereocenters. The average Bonchev–Trinajstić information content (AvgIpc) is 2.38. The van der Waals surface area contributed by atoms with Crippen LogP contribution in [-0.4, -0.2) is 25.0 Å². The van der Waals surface area contributed by atoms with Crippen molar-refractivity contribution in [3.8, 4) is 5.88 Å². The van der Waals surface area contributed by atoms with E-state index in [9.17, 15) is 8.42 Å². The molecule has 9 heteroatoms. The van der Waals surface area contributed by atoms with Crippen LogP contribution in [0.15, 0.2) is 35.2 Å². The van der Waals surface area contributed by atoms with Gasteiger partial charge in [-0.15, -0.1) is 0 Å². The van der Waals surface area contributed by atoms with Crippen LogP contribution in [-0.2, 0) is 10.0 Å². The van der Waals surface area contributed by atoms with Crippen LogP contribution in [0.4, 0.5) is 11.5 Å². The molecule has 7 nitrogen and oxygen atoms in total. The van der Waals surface area contributed by atoms with Crippen LogP contribution >= 0.6 is 0 Å². The Labute approximate surface area is 151 Å². The van der Waals surface area contributed by atoms with Gasteiger partial charge in [0.2, 0.25) is 15.9 Å². The van der Waals surface area contributed by atoms with E-state index in [1.165, 1.54) is 30.3 Å². The summed E-state index contributed by atoms with van der Waals surface area (Å²) in [6.07, 6.45) is 0. The molecule has 0 amide bonds. The predicted octanol–water partition coefficient (Wildman–Crippen LogP) is -0.836. The van der Waals surface area contributed by atoms with E-state index in [0.717, 1.165) is 0 Å². The molecular formula is C13H15N4NaO3S. The van der Waals surface area contributed by atoms with E-state index >= 15 is 0 Å². The van der Waals surface area contributed by atoms with Gasteiger partial charge >= 0.3 is 29.6 Å². The number of anilines is 1. The van der Waals surface area contributed by atoms with Crippen LogP contribution in [0.1, 0.15) is 12.7 Å². The molecule has 0 bridgehead atoms. The first-order valence-electron chi connectivity index (χ1n) is 6.23. The third kappa shape index (κ3) is 4.84. The number of aryl methyl sites for hydroxylation is 1. The van der Waals surface area contributed by atoms with Gasteiger partial charge in [-0.05, 0) is 50.0 Å². The van der Waals surface area contributed by atoms with E-state index in [4.69, 9.17) is 10.5 Å². The third-order valence-electron chi connectivity index (χ3n) is 2.48. The zero-order chi connectivity index (χ0) is 15.5. The van der Waals surface area contributed by atoms with Gasteiger partial charge in [-0.25, -0.2) is 13.4 Å². The average molecular weight is 330 g/mol. The molecule has 0 spiro atoms. The Morgan fingerprint density at radius 2 is 1.86 bits per heavy atom. The van der Waals surface area contributed by atoms with E-state index in [1.54, 1.807) is 13.8 Å². The van der Waals surface area contributed by atoms with Gasteiger partial charge in [0.15, 0.2) is 0 Å². The van der Waals surface area contributed by atoms with Crippen molar-refractivity contribution in [2.45, 2.75) is 18.7 Å². The second-order valence-corrected chi connectivity index (χ2v) is 5.78. The second-order valence-electron chi connectivity index (χ2n) is 4.18. The van der Waals surface area contributed by atoms with Gasteiger partial charge < -0.3 is 20.2 Å². The van der Waals surface area contributed by atoms with Gasteiger partial charge in [0.25, 0.3) is 0 Å². The van der Waals surface area contributed by atoms with Crippen LogP contribution in [0, 0.1) is 6.92 Å². The molecular weight excluding hydrogens is 315 g/mol. The summed E-state index contributed by atoms with van der Waals surface area (Å²) >= 11 is 0. The molecule has 0 unspecified atom stereocenters. The normalized spacial score (nSPS) is 10.6. The van der Waals surface area contributed by atoms with Crippen LogP contribution in [0.5, 0.6) is 5.88 Å². The fourth-order valence-electron chi connectivity index (χ4n) is 1.61. The maximum Gasteiger partial charge on any atom is 1.00 e. The van der Waals surface area contributed by atoms with Crippen LogP contribution in [0.25, 0.3) is 4.72 Å². The number of ether oxygens (including phenoxy) is 1. The van der Waals surface area contributed by atoms with Crippen LogP contribution in [0.2, 0.25) is 0 Å². The second kappa shape index (κ2) is 7.77. The van der Waals surface area contributed by atoms with Crippen molar-refractivity contribution in [3.05, 3.63) is 40.9 Å². The Hall–Kier alpha value is -1.35. The third-order valence-corrected chi connectivity index (χ3v) is 3.78. The van der Waals surface area contributed by atoms with E-state index in [-0.39, 0.29) is 46.2 Å². The Morgan fingerprint density at radius 3 is 2.45 bits per heavy atom. The molecule has 2 aromatic rings. The summed E-state index contributed by atoms with van der Waals surface area (Å²) in [6, 6.07) is 7.17. The fraction of sp³-hybridized carbons (Fsp3) is 0.231. The molecule has 0 aliphatic heterocycles. The maximum atomic E-state index is 12.2. The summed E-state index contributed by atoms with van der Waals surface area (Å²) in [5.41, 5.74) is 6.01. The van der Waals surface area contributed by atoms with Crippen molar-refractivity contribution in [1.82, 2.24) is 9.97 Å². The zero-order valence-corrected chi connectivity index (χ0v) is 15.5. The zero-order valence-electron chi connectivity index (χ0n) is 12.6. The minimum absolute atomic E-state index is 0. The van der Waals surface area contributed by atoms with Gasteiger partial charge in [-0.2, -0.15) is 0 Å². The number of nitrogen functional groups attached to an aromatic ring is 1. The maximum absolute atomic E-state index is 12.2. The van der Waals surface area contributed by atoms with E-state index in [1.807, 2.05) is 0 Å². The molecule has 1 heterocycles. The molecule has 0 saturated heterocycles. The largest absolute Gasteiger partial charge is 1.00 e. The summed E-state index contributed by atoms with van der Waals surface area (Å²) in [4.78, 5) is 8.06. The minimum Gasteiger partial charge on any atom is -0.478 e. The molecule has 2 rings (SSSR count). The van der Waals surface area contributed by atoms with Crippen LogP contribution < -0.4 is 40.0 Å². The molecule has 1 aromatic carbocycles. The molecule has 0 fully saturated rings. The molecule has 1 aromatic heterocycles. The van der Waals surface area contributed by atoms with Gasteiger partial charge in [0.1, 0.15) is 0 Å². The smallest absolute Gasteiger partial charge is 0.478 e. The predicted molar refractivity (Wildman–Crippen MR) is 79.0 cm³/mol. The minimum atomic E-state index is -3.85. The monoisotopic (exact) mass is 330 g/mol. The number of sulfonamides is 1. The fourth-order valence-corrected chi connectivity index (χ4v) is 2.53. The Balaban J connectivity index is 0.00000242. The first-order valence-corrected chi connectivity index (χ1v) is 7.67. The summed E-state index contributed by atoms with van der Waals surface area (Å²) < 4.78 is 33.3. The van der Waals surface area contributed by atoms with Gasteiger partial charge in [-0.3, -0.25) is 0 Å². The van der Waals surface area contributed by atoms with Gasteiger partial charge in [0.05, 0.1) is 11.5 Å². The van der Waals surface area contributed by atoms with Crippen molar-refractivity contribution in [2.75, 3.05) is 12.3 Å².